The Hall–Kier alpha value is -6.68. The maximum Gasteiger partial charge on any atom is 0.472 e. The highest BCUT2D eigenvalue weighted by atomic mass is 31.2. The summed E-state index contributed by atoms with van der Waals surface area (Å²) in [5.74, 6) is -7.39. The van der Waals surface area contributed by atoms with Gasteiger partial charge in [0.25, 0.3) is 0 Å². The van der Waals surface area contributed by atoms with E-state index >= 15 is 9.59 Å². The number of nitrogens with one attached hydrogen (secondary N) is 2. The quantitative estimate of drug-likeness (QED) is 0.0603. The van der Waals surface area contributed by atoms with Crippen LogP contribution in [0.15, 0.2) is 67.8 Å². The predicted octanol–water partition coefficient (Wildman–Crippen LogP) is 2.47. The van der Waals surface area contributed by atoms with Crippen LogP contribution in [0.3, 0.4) is 0 Å². The van der Waals surface area contributed by atoms with Gasteiger partial charge in [-0.05, 0) is 115 Å². The van der Waals surface area contributed by atoms with E-state index < -0.39 is 156 Å². The van der Waals surface area contributed by atoms with Crippen molar-refractivity contribution >= 4 is 77.1 Å². The van der Waals surface area contributed by atoms with Gasteiger partial charge in [0.1, 0.15) is 18.3 Å². The number of primary amides is 4. The van der Waals surface area contributed by atoms with Crippen molar-refractivity contribution in [2.45, 2.75) is 176 Å². The molecule has 12 unspecified atom stereocenters. The molecule has 28 heteroatoms. The van der Waals surface area contributed by atoms with Gasteiger partial charge in [0, 0.05) is 107 Å². The summed E-state index contributed by atoms with van der Waals surface area (Å²) in [5.41, 5.74) is 36.4. The van der Waals surface area contributed by atoms with Crippen LogP contribution in [0.4, 0.5) is 0 Å². The highest BCUT2D eigenvalue weighted by molar-refractivity contribution is 7.47. The molecule has 0 saturated carbocycles. The lowest BCUT2D eigenvalue weighted by Crippen LogP contribution is -2.60. The maximum absolute atomic E-state index is 15.2. The number of amides is 5. The fourth-order valence-corrected chi connectivity index (χ4v) is 16.5. The Kier molecular flexibility index (Phi) is 19.8. The van der Waals surface area contributed by atoms with Gasteiger partial charge in [0.15, 0.2) is 17.8 Å². The van der Waals surface area contributed by atoms with E-state index in [0.29, 0.717) is 56.4 Å². The predicted molar refractivity (Wildman–Crippen MR) is 334 cm³/mol. The number of fused-ring (bicyclic) bond motifs is 7. The van der Waals surface area contributed by atoms with Crippen molar-refractivity contribution in [3.8, 4) is 0 Å². The maximum atomic E-state index is 15.2. The van der Waals surface area contributed by atoms with Crippen LogP contribution in [0.5, 0.6) is 0 Å². The second kappa shape index (κ2) is 25.8. The number of rotatable bonds is 26. The first-order valence-corrected chi connectivity index (χ1v) is 32.1. The van der Waals surface area contributed by atoms with E-state index in [1.54, 1.807) is 39.2 Å². The average molecular weight is 1270 g/mol. The molecule has 6 aliphatic heterocycles. The molecule has 0 aliphatic carbocycles. The number of aliphatic imine (C=N–C) groups is 3. The molecule has 2 aromatic rings. The molecule has 7 heterocycles. The first-order chi connectivity index (χ1) is 41.9. The van der Waals surface area contributed by atoms with Crippen molar-refractivity contribution in [2.75, 3.05) is 26.2 Å². The molecule has 1 aromatic carbocycles. The van der Waals surface area contributed by atoms with Crippen molar-refractivity contribution in [2.24, 2.45) is 94.7 Å². The van der Waals surface area contributed by atoms with E-state index in [2.05, 4.69) is 15.6 Å². The van der Waals surface area contributed by atoms with Crippen LogP contribution in [0, 0.1) is 59.2 Å². The van der Waals surface area contributed by atoms with Crippen LogP contribution in [-0.4, -0.2) is 145 Å². The molecule has 15 atom stereocenters. The molecular formula is C62H90N13O14P. The number of nitrogens with two attached hydrogens (primary N) is 6. The molecule has 6 aliphatic rings. The highest BCUT2D eigenvalue weighted by Crippen LogP contribution is 2.62. The van der Waals surface area contributed by atoms with Crippen molar-refractivity contribution in [3.05, 3.63) is 63.9 Å². The van der Waals surface area contributed by atoms with E-state index in [-0.39, 0.29) is 64.3 Å². The first-order valence-electron chi connectivity index (χ1n) is 30.6. The Labute approximate surface area is 523 Å². The number of aliphatic hydroxyl groups excluding tert-OH is 2. The monoisotopic (exact) mass is 1270 g/mol. The third-order valence-electron chi connectivity index (χ3n) is 20.6. The Balaban J connectivity index is 1.20. The minimum Gasteiger partial charge on any atom is -0.394 e. The molecular weight excluding hydrogens is 1180 g/mol. The number of allylic oxidation sites excluding steroid dienone is 6. The molecule has 8 rings (SSSR count). The molecule has 0 radical (unpaired) electrons. The Bertz CT molecular complexity index is 3540. The number of hydrogen-bond acceptors (Lipinski definition) is 20. The van der Waals surface area contributed by atoms with Crippen LogP contribution >= 0.6 is 7.82 Å². The number of phosphoric ester groups is 1. The summed E-state index contributed by atoms with van der Waals surface area (Å²) in [6.07, 6.45) is -4.06. The molecule has 90 heavy (non-hydrogen) atoms. The van der Waals surface area contributed by atoms with Gasteiger partial charge in [-0.3, -0.25) is 57.6 Å². The smallest absolute Gasteiger partial charge is 0.394 e. The third kappa shape index (κ3) is 12.4. The molecule has 2 saturated heterocycles. The van der Waals surface area contributed by atoms with Gasteiger partial charge in [-0.15, -0.1) is 0 Å². The van der Waals surface area contributed by atoms with Gasteiger partial charge in [-0.1, -0.05) is 27.7 Å². The fraction of sp³-hybridized carbons (Fsp3) is 0.629. The number of ketones is 2. The van der Waals surface area contributed by atoms with Gasteiger partial charge >= 0.3 is 7.82 Å². The summed E-state index contributed by atoms with van der Waals surface area (Å²) in [6.45, 7) is 17.7. The van der Waals surface area contributed by atoms with E-state index in [9.17, 15) is 43.6 Å². The van der Waals surface area contributed by atoms with Crippen LogP contribution in [0.1, 0.15) is 137 Å². The normalized spacial score (nSPS) is 32.9. The van der Waals surface area contributed by atoms with E-state index in [4.69, 9.17) is 63.2 Å². The number of Topliss-reactive ketones (excluding diaryl/α,β-unsaturated/α-hetero) is 2. The standard InChI is InChI=1S/C62H90N13O14P/c1-29-20-38-39(21-30(29)2)75(28-70-38)57-52(84)53(41(27-76)87-57)89-90(85,86)88-31(3)26-69-48(83)18-19-59(8)49(40(77)24-63)56-62(11)61(10,43(78)25-64)36(14-17-46(67)81)51(74-62)33(5)55-60(9,23-47(68)82)34(12-15-44(65)79)37(71-55)22-42-58(6,7)35(13-16-45(66)80)50(72-42)32(4)54(59)73-56/h20-22,28,31,34-36,41,49,52-53,56-57,71,76,84H,12-19,23-27,63-64H2,1-11H3,(H2,65,79)(H2,66,80)(H2,67,81)(H2,68,82)(H,69,83)(H,85,86)/b37-22?,50-32?,55-33-/t31?,34?,35?,36?,41-,49?,52-,53-,56?,57?,59?,60?,61?,62?/m1/s1. The van der Waals surface area contributed by atoms with Crippen molar-refractivity contribution in [1.82, 2.24) is 20.2 Å². The van der Waals surface area contributed by atoms with Crippen LogP contribution in [-0.2, 0) is 51.9 Å². The second-order valence-corrected chi connectivity index (χ2v) is 28.1. The van der Waals surface area contributed by atoms with E-state index in [0.717, 1.165) is 11.1 Å². The number of ether oxygens (including phenoxy) is 1. The number of carbonyl (C=O) groups excluding carboxylic acids is 7. The number of aliphatic hydroxyl groups is 2. The fourth-order valence-electron chi connectivity index (χ4n) is 15.3. The SMILES string of the molecule is CC1=C2N=C(C=C3N/C(=C(/C)C4=NC(C)(C5N=C1C(C)(CCC(=O)NCC(C)OP(=O)(O)O[C@@H]1[C@@H](CO)OC(n6cnc7cc(C)c(C)cc76)[C@@H]1O)C5C(=O)CN)C(C)(C(=O)CN)C4CCC(N)=O)C(C)(CC(N)=O)C3CCC(N)=O)C(C)(C)C2CCC(N)=O. The van der Waals surface area contributed by atoms with E-state index in [1.807, 2.05) is 52.8 Å². The number of benzene rings is 1. The molecule has 492 valence electrons. The molecule has 2 fully saturated rings. The van der Waals surface area contributed by atoms with Gasteiger partial charge in [0.05, 0.1) is 66.1 Å². The lowest BCUT2D eigenvalue weighted by molar-refractivity contribution is -0.135. The van der Waals surface area contributed by atoms with Crippen LogP contribution in [0.2, 0.25) is 0 Å². The minimum absolute atomic E-state index is 0.0210. The lowest BCUT2D eigenvalue weighted by Gasteiger charge is -2.47. The van der Waals surface area contributed by atoms with Crippen molar-refractivity contribution in [3.63, 3.8) is 0 Å². The lowest BCUT2D eigenvalue weighted by atomic mass is 9.55. The van der Waals surface area contributed by atoms with Crippen LogP contribution < -0.4 is 45.0 Å². The number of phosphoric acid groups is 1. The number of carbonyl (C=O) groups is 7. The highest BCUT2D eigenvalue weighted by Gasteiger charge is 2.69. The first kappa shape index (κ1) is 69.2. The number of aromatic nitrogens is 2. The number of nitrogens with zero attached hydrogens (tertiary/aromatic N) is 5. The zero-order valence-electron chi connectivity index (χ0n) is 53.3. The zero-order valence-corrected chi connectivity index (χ0v) is 54.1. The Morgan fingerprint density at radius 3 is 2.03 bits per heavy atom. The molecule has 1 aromatic heterocycles. The van der Waals surface area contributed by atoms with Crippen molar-refractivity contribution in [1.29, 1.82) is 0 Å². The number of aryl methyl sites for hydroxylation is 2. The summed E-state index contributed by atoms with van der Waals surface area (Å²) < 4.78 is 32.2. The molecule has 8 bridgehead atoms. The third-order valence-corrected chi connectivity index (χ3v) is 21.7. The van der Waals surface area contributed by atoms with Gasteiger partial charge in [-0.2, -0.15) is 0 Å². The second-order valence-electron chi connectivity index (χ2n) is 26.7. The molecule has 27 nitrogen and oxygen atoms in total. The van der Waals surface area contributed by atoms with Gasteiger partial charge in [-0.25, -0.2) is 9.55 Å². The van der Waals surface area contributed by atoms with Crippen LogP contribution in [0.25, 0.3) is 11.0 Å². The summed E-state index contributed by atoms with van der Waals surface area (Å²) in [7, 11) is -5.08. The topological polar surface area (TPSA) is 460 Å². The largest absolute Gasteiger partial charge is 0.472 e. The molecule has 17 N–H and O–H groups in total. The summed E-state index contributed by atoms with van der Waals surface area (Å²) in [5, 5.41) is 28.2. The van der Waals surface area contributed by atoms with Gasteiger partial charge < -0.3 is 69.4 Å². The Morgan fingerprint density at radius 2 is 1.44 bits per heavy atom. The molecule has 0 spiro atoms. The summed E-state index contributed by atoms with van der Waals surface area (Å²) in [6, 6.07) is 2.48. The number of imidazole rings is 1. The number of hydrogen-bond donors (Lipinski definition) is 11. The summed E-state index contributed by atoms with van der Waals surface area (Å²) >= 11 is 0. The Morgan fingerprint density at radius 1 is 0.833 bits per heavy atom. The minimum atomic E-state index is -5.08. The summed E-state index contributed by atoms with van der Waals surface area (Å²) in [4.78, 5) is 129. The molecule has 5 amide bonds. The van der Waals surface area contributed by atoms with Crippen molar-refractivity contribution < 1.29 is 67.0 Å². The zero-order chi connectivity index (χ0) is 66.7. The van der Waals surface area contributed by atoms with E-state index in [1.165, 1.54) is 13.3 Å². The van der Waals surface area contributed by atoms with Gasteiger partial charge in [0.2, 0.25) is 29.5 Å². The average Bonchev–Trinajstić information content (AvgIpc) is 1.52.